The topological polar surface area (TPSA) is 76.1 Å². The fourth-order valence-corrected chi connectivity index (χ4v) is 3.42. The van der Waals surface area contributed by atoms with Crippen LogP contribution in [0, 0.1) is 11.3 Å². The number of aromatic nitrogens is 1. The van der Waals surface area contributed by atoms with Gasteiger partial charge in [-0.25, -0.2) is 9.78 Å². The van der Waals surface area contributed by atoms with E-state index in [4.69, 9.17) is 14.4 Å². The molecule has 0 N–H and O–H groups in total. The summed E-state index contributed by atoms with van der Waals surface area (Å²) in [7, 11) is 0. The van der Waals surface area contributed by atoms with Crippen LogP contribution in [0.3, 0.4) is 0 Å². The molecule has 6 heteroatoms. The highest BCUT2D eigenvalue weighted by molar-refractivity contribution is 7.13. The maximum absolute atomic E-state index is 12.4. The van der Waals surface area contributed by atoms with Crippen LogP contribution in [0.1, 0.15) is 0 Å². The molecule has 0 atom stereocenters. The molecule has 0 saturated heterocycles. The molecule has 2 heterocycles. The van der Waals surface area contributed by atoms with E-state index in [-0.39, 0.29) is 6.61 Å². The van der Waals surface area contributed by atoms with Gasteiger partial charge < -0.3 is 9.15 Å². The van der Waals surface area contributed by atoms with Crippen LogP contribution in [0.5, 0.6) is 5.75 Å². The highest BCUT2D eigenvalue weighted by atomic mass is 32.1. The highest BCUT2D eigenvalue weighted by Gasteiger charge is 2.13. The van der Waals surface area contributed by atoms with Crippen LogP contribution in [0.2, 0.25) is 0 Å². The predicted molar refractivity (Wildman–Crippen MR) is 100 cm³/mol. The van der Waals surface area contributed by atoms with Gasteiger partial charge in [0.25, 0.3) is 0 Å². The van der Waals surface area contributed by atoms with Crippen LogP contribution >= 0.6 is 11.3 Å². The van der Waals surface area contributed by atoms with E-state index < -0.39 is 5.63 Å². The Morgan fingerprint density at radius 2 is 2.00 bits per heavy atom. The molecule has 0 aliphatic rings. The summed E-state index contributed by atoms with van der Waals surface area (Å²) in [5, 5.41) is 11.9. The van der Waals surface area contributed by atoms with Gasteiger partial charge in [0.05, 0.1) is 11.3 Å². The Hall–Kier alpha value is -3.43. The number of thiazole rings is 1. The number of rotatable bonds is 4. The fraction of sp³-hybridized carbons (Fsp3) is 0.0500. The summed E-state index contributed by atoms with van der Waals surface area (Å²) in [6.07, 6.45) is 0. The van der Waals surface area contributed by atoms with Gasteiger partial charge in [0.2, 0.25) is 0 Å². The number of nitriles is 1. The Morgan fingerprint density at radius 1 is 1.15 bits per heavy atom. The molecule has 26 heavy (non-hydrogen) atoms. The van der Waals surface area contributed by atoms with Gasteiger partial charge in [-0.1, -0.05) is 30.3 Å². The minimum Gasteiger partial charge on any atom is -0.479 e. The van der Waals surface area contributed by atoms with Crippen molar-refractivity contribution in [3.63, 3.8) is 0 Å². The van der Waals surface area contributed by atoms with E-state index in [0.29, 0.717) is 21.9 Å². The molecule has 0 aliphatic heterocycles. The quantitative estimate of drug-likeness (QED) is 0.501. The highest BCUT2D eigenvalue weighted by Crippen LogP contribution is 2.29. The van der Waals surface area contributed by atoms with Gasteiger partial charge in [-0.15, -0.1) is 11.3 Å². The zero-order valence-electron chi connectivity index (χ0n) is 13.5. The minimum atomic E-state index is -0.455. The Bertz CT molecular complexity index is 1170. The molecule has 126 valence electrons. The van der Waals surface area contributed by atoms with Crippen LogP contribution in [0.15, 0.2) is 69.2 Å². The van der Waals surface area contributed by atoms with Crippen molar-refractivity contribution in [2.75, 3.05) is 6.61 Å². The second-order valence-corrected chi connectivity index (χ2v) is 6.36. The lowest BCUT2D eigenvalue weighted by molar-refractivity contribution is 0.368. The molecule has 0 bridgehead atoms. The van der Waals surface area contributed by atoms with Gasteiger partial charge in [-0.2, -0.15) is 5.26 Å². The van der Waals surface area contributed by atoms with Gasteiger partial charge >= 0.3 is 5.63 Å². The number of fused-ring (bicyclic) bond motifs is 1. The standard InChI is InChI=1S/C20H12N2O3S/c21-8-9-24-15-7-6-14-10-16(20(23)25-18(14)11-15)19-22-17(12-26-19)13-4-2-1-3-5-13/h1-7,10-12H,9H2. The maximum Gasteiger partial charge on any atom is 0.346 e. The van der Waals surface area contributed by atoms with E-state index >= 15 is 0 Å². The number of hydrogen-bond donors (Lipinski definition) is 0. The third-order valence-electron chi connectivity index (χ3n) is 3.81. The molecular formula is C20H12N2O3S. The monoisotopic (exact) mass is 360 g/mol. The van der Waals surface area contributed by atoms with E-state index in [1.165, 1.54) is 11.3 Å². The first-order valence-corrected chi connectivity index (χ1v) is 8.71. The van der Waals surface area contributed by atoms with Crippen LogP contribution < -0.4 is 10.4 Å². The summed E-state index contributed by atoms with van der Waals surface area (Å²) < 4.78 is 10.7. The van der Waals surface area contributed by atoms with Crippen molar-refractivity contribution in [3.8, 4) is 33.6 Å². The maximum atomic E-state index is 12.4. The Balaban J connectivity index is 1.73. The Labute approximate surface area is 152 Å². The van der Waals surface area contributed by atoms with Crippen LogP contribution in [0.4, 0.5) is 0 Å². The van der Waals surface area contributed by atoms with Crippen LogP contribution in [0.25, 0.3) is 32.8 Å². The van der Waals surface area contributed by atoms with Crippen molar-refractivity contribution in [1.82, 2.24) is 4.98 Å². The predicted octanol–water partition coefficient (Wildman–Crippen LogP) is 4.49. The zero-order valence-corrected chi connectivity index (χ0v) is 14.3. The summed E-state index contributed by atoms with van der Waals surface area (Å²) in [6.45, 7) is -0.0603. The van der Waals surface area contributed by atoms with Crippen molar-refractivity contribution >= 4 is 22.3 Å². The SMILES string of the molecule is N#CCOc1ccc2cc(-c3nc(-c4ccccc4)cs3)c(=O)oc2c1. The van der Waals surface area contributed by atoms with E-state index in [1.54, 1.807) is 24.3 Å². The third-order valence-corrected chi connectivity index (χ3v) is 4.69. The molecule has 0 radical (unpaired) electrons. The van der Waals surface area contributed by atoms with Crippen molar-refractivity contribution in [2.24, 2.45) is 0 Å². The lowest BCUT2D eigenvalue weighted by Crippen LogP contribution is -2.02. The average molecular weight is 360 g/mol. The molecule has 0 saturated carbocycles. The van der Waals surface area contributed by atoms with E-state index in [0.717, 1.165) is 16.6 Å². The number of nitrogens with zero attached hydrogens (tertiary/aromatic N) is 2. The van der Waals surface area contributed by atoms with Gasteiger partial charge in [0, 0.05) is 22.4 Å². The van der Waals surface area contributed by atoms with E-state index in [9.17, 15) is 4.79 Å². The van der Waals surface area contributed by atoms with E-state index in [2.05, 4.69) is 4.98 Å². The molecule has 2 aromatic heterocycles. The second kappa shape index (κ2) is 6.82. The number of hydrogen-bond acceptors (Lipinski definition) is 6. The summed E-state index contributed by atoms with van der Waals surface area (Å²) in [5.74, 6) is 0.482. The Kier molecular flexibility index (Phi) is 4.22. The van der Waals surface area contributed by atoms with Crippen LogP contribution in [-0.4, -0.2) is 11.6 Å². The first kappa shape index (κ1) is 16.1. The van der Waals surface area contributed by atoms with Crippen molar-refractivity contribution in [2.45, 2.75) is 0 Å². The van der Waals surface area contributed by atoms with Crippen molar-refractivity contribution in [3.05, 3.63) is 70.4 Å². The normalized spacial score (nSPS) is 10.6. The first-order chi connectivity index (χ1) is 12.7. The average Bonchev–Trinajstić information content (AvgIpc) is 3.16. The molecule has 0 spiro atoms. The molecule has 0 fully saturated rings. The summed E-state index contributed by atoms with van der Waals surface area (Å²) in [4.78, 5) is 17.0. The third kappa shape index (κ3) is 3.08. The van der Waals surface area contributed by atoms with Crippen molar-refractivity contribution < 1.29 is 9.15 Å². The molecule has 0 unspecified atom stereocenters. The molecule has 2 aromatic carbocycles. The van der Waals surface area contributed by atoms with E-state index in [1.807, 2.05) is 41.8 Å². The molecule has 4 aromatic rings. The molecule has 5 nitrogen and oxygen atoms in total. The van der Waals surface area contributed by atoms with Crippen molar-refractivity contribution in [1.29, 1.82) is 5.26 Å². The van der Waals surface area contributed by atoms with Gasteiger partial charge in [-0.05, 0) is 18.2 Å². The Morgan fingerprint density at radius 3 is 2.81 bits per heavy atom. The van der Waals surface area contributed by atoms with Crippen LogP contribution in [-0.2, 0) is 0 Å². The number of ether oxygens (including phenoxy) is 1. The largest absolute Gasteiger partial charge is 0.479 e. The zero-order chi connectivity index (χ0) is 17.9. The summed E-state index contributed by atoms with van der Waals surface area (Å²) >= 11 is 1.40. The molecule has 4 rings (SSSR count). The smallest absolute Gasteiger partial charge is 0.346 e. The summed E-state index contributed by atoms with van der Waals surface area (Å²) in [5.41, 5.74) is 2.21. The number of benzene rings is 2. The molecular weight excluding hydrogens is 348 g/mol. The fourth-order valence-electron chi connectivity index (χ4n) is 2.58. The molecule has 0 aliphatic carbocycles. The first-order valence-electron chi connectivity index (χ1n) is 7.83. The van der Waals surface area contributed by atoms with Gasteiger partial charge in [0.15, 0.2) is 6.61 Å². The molecule has 0 amide bonds. The van der Waals surface area contributed by atoms with Gasteiger partial charge in [-0.3, -0.25) is 0 Å². The lowest BCUT2D eigenvalue weighted by Gasteiger charge is -2.04. The lowest BCUT2D eigenvalue weighted by atomic mass is 10.1. The second-order valence-electron chi connectivity index (χ2n) is 5.50. The summed E-state index contributed by atoms with van der Waals surface area (Å²) in [6, 6.07) is 18.6. The minimum absolute atomic E-state index is 0.0603. The van der Waals surface area contributed by atoms with Gasteiger partial charge in [0.1, 0.15) is 22.4 Å².